The first-order valence-corrected chi connectivity index (χ1v) is 11.3. The number of piperidine rings is 1. The third kappa shape index (κ3) is 4.11. The van der Waals surface area contributed by atoms with E-state index in [-0.39, 0.29) is 18.0 Å². The molecule has 2 fully saturated rings. The molecule has 8 heteroatoms. The Morgan fingerprint density at radius 1 is 1.09 bits per heavy atom. The summed E-state index contributed by atoms with van der Waals surface area (Å²) in [5.74, 6) is 0.776. The number of aromatic nitrogens is 2. The maximum atomic E-state index is 13.5. The van der Waals surface area contributed by atoms with Crippen LogP contribution in [-0.2, 0) is 24.8 Å². The van der Waals surface area contributed by atoms with Gasteiger partial charge in [0.15, 0.2) is 0 Å². The van der Waals surface area contributed by atoms with Crippen LogP contribution in [0.5, 0.6) is 5.75 Å². The summed E-state index contributed by atoms with van der Waals surface area (Å²) in [4.78, 5) is 32.5. The molecule has 1 aromatic carbocycles. The van der Waals surface area contributed by atoms with Gasteiger partial charge in [0.2, 0.25) is 0 Å². The summed E-state index contributed by atoms with van der Waals surface area (Å²) >= 11 is 0. The number of methoxy groups -OCH3 is 1. The lowest BCUT2D eigenvalue weighted by Crippen LogP contribution is -2.56. The van der Waals surface area contributed by atoms with Crippen LogP contribution in [0.15, 0.2) is 36.7 Å². The second-order valence-corrected chi connectivity index (χ2v) is 9.13. The Kier molecular flexibility index (Phi) is 6.24. The second kappa shape index (κ2) is 8.94. The molecule has 2 saturated heterocycles. The van der Waals surface area contributed by atoms with Crippen LogP contribution in [0.1, 0.15) is 37.8 Å². The van der Waals surface area contributed by atoms with E-state index in [0.29, 0.717) is 25.8 Å². The lowest BCUT2D eigenvalue weighted by molar-refractivity contribution is -0.136. The maximum Gasteiger partial charge on any atom is 0.327 e. The van der Waals surface area contributed by atoms with E-state index in [1.165, 1.54) is 4.90 Å². The van der Waals surface area contributed by atoms with Crippen LogP contribution in [0.3, 0.4) is 0 Å². The number of urea groups is 1. The number of likely N-dealkylation sites (tertiary alicyclic amines) is 1. The van der Waals surface area contributed by atoms with E-state index in [0.717, 1.165) is 36.5 Å². The zero-order chi connectivity index (χ0) is 22.9. The van der Waals surface area contributed by atoms with E-state index in [1.54, 1.807) is 11.8 Å². The van der Waals surface area contributed by atoms with Crippen LogP contribution in [0.4, 0.5) is 4.79 Å². The van der Waals surface area contributed by atoms with E-state index >= 15 is 0 Å². The van der Waals surface area contributed by atoms with Gasteiger partial charge in [0.05, 0.1) is 13.3 Å². The number of hydrogen-bond acceptors (Lipinski definition) is 5. The van der Waals surface area contributed by atoms with Crippen molar-refractivity contribution in [1.29, 1.82) is 0 Å². The van der Waals surface area contributed by atoms with Crippen molar-refractivity contribution in [3.8, 4) is 5.75 Å². The topological polar surface area (TPSA) is 70.9 Å². The van der Waals surface area contributed by atoms with Gasteiger partial charge in [-0.2, -0.15) is 5.10 Å². The number of imide groups is 1. The van der Waals surface area contributed by atoms with Crippen LogP contribution in [0.25, 0.3) is 0 Å². The molecule has 0 N–H and O–H groups in total. The first kappa shape index (κ1) is 22.3. The standard InChI is InChI=1S/C24H33N5O3/c1-18(2)29-22(30)24(10-13-27(14-11-24)17-20-15-25-26(3)16-20)28(23(29)31)12-9-19-5-7-21(32-4)8-6-19/h5-8,15-16,18H,9-14,17H2,1-4H3. The molecule has 2 aliphatic rings. The molecule has 8 nitrogen and oxygen atoms in total. The minimum absolute atomic E-state index is 0.0340. The fourth-order valence-electron chi connectivity index (χ4n) is 4.91. The van der Waals surface area contributed by atoms with Gasteiger partial charge < -0.3 is 9.64 Å². The van der Waals surface area contributed by atoms with Crippen molar-refractivity contribution in [3.05, 3.63) is 47.8 Å². The molecule has 172 valence electrons. The normalized spacial score (nSPS) is 18.9. The third-order valence-corrected chi connectivity index (χ3v) is 6.72. The smallest absolute Gasteiger partial charge is 0.327 e. The molecule has 32 heavy (non-hydrogen) atoms. The molecule has 0 aliphatic carbocycles. The fraction of sp³-hybridized carbons (Fsp3) is 0.542. The Morgan fingerprint density at radius 2 is 1.78 bits per heavy atom. The Bertz CT molecular complexity index is 960. The van der Waals surface area contributed by atoms with E-state index < -0.39 is 5.54 Å². The zero-order valence-electron chi connectivity index (χ0n) is 19.5. The average Bonchev–Trinajstić information content (AvgIpc) is 3.27. The van der Waals surface area contributed by atoms with Gasteiger partial charge in [0, 0.05) is 51.0 Å². The molecule has 3 amide bonds. The van der Waals surface area contributed by atoms with E-state index in [9.17, 15) is 9.59 Å². The van der Waals surface area contributed by atoms with Crippen LogP contribution in [-0.4, -0.2) is 74.7 Å². The molecule has 0 bridgehead atoms. The van der Waals surface area contributed by atoms with E-state index in [1.807, 2.05) is 62.5 Å². The maximum absolute atomic E-state index is 13.5. The van der Waals surface area contributed by atoms with Gasteiger partial charge >= 0.3 is 6.03 Å². The lowest BCUT2D eigenvalue weighted by atomic mass is 9.85. The first-order chi connectivity index (χ1) is 15.3. The third-order valence-electron chi connectivity index (χ3n) is 6.72. The van der Waals surface area contributed by atoms with Crippen molar-refractivity contribution in [1.82, 2.24) is 24.5 Å². The predicted octanol–water partition coefficient (Wildman–Crippen LogP) is 2.68. The van der Waals surface area contributed by atoms with E-state index in [4.69, 9.17) is 4.74 Å². The van der Waals surface area contributed by atoms with Crippen LogP contribution in [0, 0.1) is 0 Å². The highest BCUT2D eigenvalue weighted by Gasteiger charge is 2.58. The van der Waals surface area contributed by atoms with Gasteiger partial charge in [-0.1, -0.05) is 12.1 Å². The molecule has 1 spiro atoms. The number of carbonyl (C=O) groups is 2. The molecule has 0 saturated carbocycles. The summed E-state index contributed by atoms with van der Waals surface area (Å²) < 4.78 is 7.04. The van der Waals surface area contributed by atoms with Gasteiger partial charge in [-0.3, -0.25) is 19.3 Å². The Balaban J connectivity index is 1.49. The van der Waals surface area contributed by atoms with Crippen molar-refractivity contribution in [2.45, 2.75) is 51.2 Å². The molecule has 0 unspecified atom stereocenters. The lowest BCUT2D eigenvalue weighted by Gasteiger charge is -2.42. The van der Waals surface area contributed by atoms with Gasteiger partial charge in [-0.25, -0.2) is 4.79 Å². The number of nitrogens with zero attached hydrogens (tertiary/aromatic N) is 5. The molecule has 2 aromatic rings. The number of aryl methyl sites for hydroxylation is 1. The average molecular weight is 440 g/mol. The summed E-state index contributed by atoms with van der Waals surface area (Å²) in [5, 5.41) is 4.25. The molecule has 2 aliphatic heterocycles. The minimum Gasteiger partial charge on any atom is -0.497 e. The van der Waals surface area contributed by atoms with Crippen LogP contribution >= 0.6 is 0 Å². The summed E-state index contributed by atoms with van der Waals surface area (Å²) in [6.45, 7) is 6.72. The Labute approximate surface area is 189 Å². The molecule has 3 heterocycles. The monoisotopic (exact) mass is 439 g/mol. The van der Waals surface area contributed by atoms with Crippen LogP contribution in [0.2, 0.25) is 0 Å². The molecule has 0 atom stereocenters. The molecule has 1 aromatic heterocycles. The highest BCUT2D eigenvalue weighted by molar-refractivity contribution is 6.07. The summed E-state index contributed by atoms with van der Waals surface area (Å²) in [7, 11) is 3.56. The Morgan fingerprint density at radius 3 is 2.34 bits per heavy atom. The highest BCUT2D eigenvalue weighted by Crippen LogP contribution is 2.38. The number of benzene rings is 1. The summed E-state index contributed by atoms with van der Waals surface area (Å²) in [6.07, 6.45) is 5.93. The van der Waals surface area contributed by atoms with Gasteiger partial charge in [0.25, 0.3) is 5.91 Å². The number of carbonyl (C=O) groups excluding carboxylic acids is 2. The highest BCUT2D eigenvalue weighted by atomic mass is 16.5. The van der Waals surface area contributed by atoms with Crippen molar-refractivity contribution in [2.75, 3.05) is 26.7 Å². The van der Waals surface area contributed by atoms with Crippen molar-refractivity contribution in [2.24, 2.45) is 7.05 Å². The van der Waals surface area contributed by atoms with Crippen molar-refractivity contribution in [3.63, 3.8) is 0 Å². The second-order valence-electron chi connectivity index (χ2n) is 9.13. The largest absolute Gasteiger partial charge is 0.497 e. The summed E-state index contributed by atoms with van der Waals surface area (Å²) in [5.41, 5.74) is 1.55. The van der Waals surface area contributed by atoms with Crippen LogP contribution < -0.4 is 4.74 Å². The quantitative estimate of drug-likeness (QED) is 0.621. The molecular weight excluding hydrogens is 406 g/mol. The minimum atomic E-state index is -0.737. The number of hydrogen-bond donors (Lipinski definition) is 0. The van der Waals surface area contributed by atoms with Gasteiger partial charge in [-0.15, -0.1) is 0 Å². The van der Waals surface area contributed by atoms with Crippen molar-refractivity contribution < 1.29 is 14.3 Å². The first-order valence-electron chi connectivity index (χ1n) is 11.3. The fourth-order valence-corrected chi connectivity index (χ4v) is 4.91. The predicted molar refractivity (Wildman–Crippen MR) is 121 cm³/mol. The number of ether oxygens (including phenoxy) is 1. The zero-order valence-corrected chi connectivity index (χ0v) is 19.5. The number of amides is 3. The number of rotatable bonds is 7. The Hall–Kier alpha value is -2.87. The molecular formula is C24H33N5O3. The van der Waals surface area contributed by atoms with Crippen molar-refractivity contribution >= 4 is 11.9 Å². The SMILES string of the molecule is COc1ccc(CCN2C(=O)N(C(C)C)C(=O)C23CCN(Cc2cnn(C)c2)CC3)cc1. The summed E-state index contributed by atoms with van der Waals surface area (Å²) in [6, 6.07) is 7.60. The van der Waals surface area contributed by atoms with Gasteiger partial charge in [0.1, 0.15) is 11.3 Å². The van der Waals surface area contributed by atoms with Gasteiger partial charge in [-0.05, 0) is 50.8 Å². The van der Waals surface area contributed by atoms with E-state index in [2.05, 4.69) is 10.00 Å². The molecule has 0 radical (unpaired) electrons. The molecule has 4 rings (SSSR count).